The highest BCUT2D eigenvalue weighted by Gasteiger charge is 2.16. The smallest absolute Gasteiger partial charge is 0.481 e. The van der Waals surface area contributed by atoms with Crippen LogP contribution in [0, 0.1) is 0 Å². The van der Waals surface area contributed by atoms with Gasteiger partial charge in [-0.15, -0.1) is 6.58 Å². The van der Waals surface area contributed by atoms with Gasteiger partial charge in [0.25, 0.3) is 0 Å². The highest BCUT2D eigenvalue weighted by atomic mass is 28.3. The molecule has 22 heavy (non-hydrogen) atoms. The van der Waals surface area contributed by atoms with Crippen LogP contribution in [0.15, 0.2) is 12.7 Å². The summed E-state index contributed by atoms with van der Waals surface area (Å²) in [4.78, 5) is 20.7. The number of carboxylic acid groups (broad SMARTS) is 1. The molecule has 130 valence electrons. The quantitative estimate of drug-likeness (QED) is 0.398. The molecule has 0 unspecified atom stereocenters. The fraction of sp³-hybridized carbons (Fsp3) is 0.733. The SMILES string of the molecule is C=CCC(=O)O.C[Si](C)(C)CCOC(=O)OCC[Si](C)(C)C. The summed E-state index contributed by atoms with van der Waals surface area (Å²) in [5.74, 6) is -0.829. The lowest BCUT2D eigenvalue weighted by Gasteiger charge is -2.16. The first-order chi connectivity index (χ1) is 9.87. The standard InChI is InChI=1S/C11H26O3Si2.C4H6O2/c1-15(2,3)9-7-13-11(12)14-8-10-16(4,5)6;1-2-3-4(5)6/h7-10H2,1-6H3;2H,1,3H2,(H,5,6). The molecule has 1 N–H and O–H groups in total. The Morgan fingerprint density at radius 2 is 1.32 bits per heavy atom. The molecule has 7 heteroatoms. The van der Waals surface area contributed by atoms with E-state index in [0.29, 0.717) is 13.2 Å². The van der Waals surface area contributed by atoms with Gasteiger partial charge in [-0.3, -0.25) is 4.79 Å². The Labute approximate surface area is 136 Å². The number of ether oxygens (including phenoxy) is 2. The highest BCUT2D eigenvalue weighted by Crippen LogP contribution is 2.09. The van der Waals surface area contributed by atoms with Crippen molar-refractivity contribution in [3.63, 3.8) is 0 Å². The average molecular weight is 349 g/mol. The third kappa shape index (κ3) is 24.0. The largest absolute Gasteiger partial charge is 0.508 e. The average Bonchev–Trinajstić information content (AvgIpc) is 2.25. The molecule has 0 aromatic rings. The molecule has 0 aromatic heterocycles. The van der Waals surface area contributed by atoms with E-state index in [0.717, 1.165) is 12.1 Å². The zero-order chi connectivity index (χ0) is 17.8. The summed E-state index contributed by atoms with van der Waals surface area (Å²) >= 11 is 0. The van der Waals surface area contributed by atoms with E-state index >= 15 is 0 Å². The van der Waals surface area contributed by atoms with E-state index in [9.17, 15) is 9.59 Å². The minimum atomic E-state index is -1.11. The van der Waals surface area contributed by atoms with Gasteiger partial charge in [0, 0.05) is 16.1 Å². The fourth-order valence-corrected chi connectivity index (χ4v) is 2.48. The Bertz CT molecular complexity index is 321. The molecule has 0 rings (SSSR count). The van der Waals surface area contributed by atoms with Crippen LogP contribution in [0.5, 0.6) is 0 Å². The van der Waals surface area contributed by atoms with Gasteiger partial charge in [-0.2, -0.15) is 0 Å². The summed E-state index contributed by atoms with van der Waals surface area (Å²) < 4.78 is 10.0. The van der Waals surface area contributed by atoms with Gasteiger partial charge in [0.1, 0.15) is 0 Å². The summed E-state index contributed by atoms with van der Waals surface area (Å²) in [6.45, 7) is 17.8. The van der Waals surface area contributed by atoms with Gasteiger partial charge < -0.3 is 14.6 Å². The lowest BCUT2D eigenvalue weighted by Crippen LogP contribution is -2.24. The molecule has 0 bridgehead atoms. The molecule has 0 radical (unpaired) electrons. The first-order valence-corrected chi connectivity index (χ1v) is 14.9. The molecule has 0 amide bonds. The number of carboxylic acids is 1. The lowest BCUT2D eigenvalue weighted by molar-refractivity contribution is -0.135. The number of hydrogen-bond acceptors (Lipinski definition) is 4. The third-order valence-corrected chi connectivity index (χ3v) is 5.87. The monoisotopic (exact) mass is 348 g/mol. The van der Waals surface area contributed by atoms with Crippen molar-refractivity contribution in [2.24, 2.45) is 0 Å². The first-order valence-electron chi connectivity index (χ1n) is 7.49. The van der Waals surface area contributed by atoms with Crippen molar-refractivity contribution in [3.8, 4) is 0 Å². The van der Waals surface area contributed by atoms with Crippen LogP contribution in [0.3, 0.4) is 0 Å². The van der Waals surface area contributed by atoms with E-state index in [1.807, 2.05) is 0 Å². The molecule has 0 saturated heterocycles. The van der Waals surface area contributed by atoms with E-state index in [1.165, 1.54) is 6.08 Å². The maximum absolute atomic E-state index is 11.2. The van der Waals surface area contributed by atoms with E-state index in [-0.39, 0.29) is 6.42 Å². The van der Waals surface area contributed by atoms with Gasteiger partial charge >= 0.3 is 12.1 Å². The predicted octanol–water partition coefficient (Wildman–Crippen LogP) is 4.46. The lowest BCUT2D eigenvalue weighted by atomic mass is 10.4. The van der Waals surface area contributed by atoms with Crippen LogP contribution in [0.2, 0.25) is 51.4 Å². The second-order valence-corrected chi connectivity index (χ2v) is 18.7. The van der Waals surface area contributed by atoms with Crippen LogP contribution in [0.1, 0.15) is 6.42 Å². The van der Waals surface area contributed by atoms with Crippen LogP contribution in [0.4, 0.5) is 4.79 Å². The van der Waals surface area contributed by atoms with E-state index in [2.05, 4.69) is 45.9 Å². The zero-order valence-electron chi connectivity index (χ0n) is 14.9. The van der Waals surface area contributed by atoms with E-state index in [4.69, 9.17) is 14.6 Å². The van der Waals surface area contributed by atoms with Gasteiger partial charge in [0.15, 0.2) is 0 Å². The van der Waals surface area contributed by atoms with Gasteiger partial charge in [0.05, 0.1) is 19.6 Å². The summed E-state index contributed by atoms with van der Waals surface area (Å²) in [5, 5.41) is 7.84. The highest BCUT2D eigenvalue weighted by molar-refractivity contribution is 6.76. The Kier molecular flexibility index (Phi) is 12.1. The first kappa shape index (κ1) is 23.2. The fourth-order valence-electron chi connectivity index (χ4n) is 1.05. The second kappa shape index (κ2) is 11.5. The molecule has 0 fully saturated rings. The van der Waals surface area contributed by atoms with Crippen LogP contribution < -0.4 is 0 Å². The second-order valence-electron chi connectivity index (χ2n) is 7.45. The molecule has 0 spiro atoms. The zero-order valence-corrected chi connectivity index (χ0v) is 16.9. The number of carbonyl (C=O) groups excluding carboxylic acids is 1. The molecule has 0 atom stereocenters. The molecule has 0 saturated carbocycles. The van der Waals surface area contributed by atoms with Gasteiger partial charge in [-0.25, -0.2) is 4.79 Å². The Morgan fingerprint density at radius 3 is 1.50 bits per heavy atom. The molecule has 0 aliphatic heterocycles. The van der Waals surface area contributed by atoms with E-state index in [1.54, 1.807) is 0 Å². The van der Waals surface area contributed by atoms with Crippen LogP contribution in [0.25, 0.3) is 0 Å². The Balaban J connectivity index is 0. The Morgan fingerprint density at radius 1 is 0.955 bits per heavy atom. The maximum Gasteiger partial charge on any atom is 0.508 e. The minimum absolute atomic E-state index is 0.0556. The molecule has 0 aliphatic rings. The van der Waals surface area contributed by atoms with Crippen molar-refractivity contribution in [1.82, 2.24) is 0 Å². The predicted molar refractivity (Wildman–Crippen MR) is 96.1 cm³/mol. The molecule has 0 aromatic carbocycles. The van der Waals surface area contributed by atoms with Crippen molar-refractivity contribution in [2.45, 2.75) is 57.8 Å². The summed E-state index contributed by atoms with van der Waals surface area (Å²) in [6.07, 6.45) is 0.902. The molecule has 5 nitrogen and oxygen atoms in total. The maximum atomic E-state index is 11.2. The Hall–Kier alpha value is -1.09. The van der Waals surface area contributed by atoms with Crippen molar-refractivity contribution >= 4 is 28.3 Å². The van der Waals surface area contributed by atoms with Gasteiger partial charge in [-0.1, -0.05) is 45.4 Å². The van der Waals surface area contributed by atoms with Crippen LogP contribution in [-0.4, -0.2) is 46.6 Å². The van der Waals surface area contributed by atoms with Crippen molar-refractivity contribution in [1.29, 1.82) is 0 Å². The minimum Gasteiger partial charge on any atom is -0.481 e. The normalized spacial score (nSPS) is 11.0. The number of hydrogen-bond donors (Lipinski definition) is 1. The molecular formula is C15H32O5Si2. The topological polar surface area (TPSA) is 72.8 Å². The number of carbonyl (C=O) groups is 2. The molecule has 0 aliphatic carbocycles. The van der Waals surface area contributed by atoms with Crippen molar-refractivity contribution in [2.75, 3.05) is 13.2 Å². The summed E-state index contributed by atoms with van der Waals surface area (Å²) in [6, 6.07) is 1.99. The summed E-state index contributed by atoms with van der Waals surface area (Å²) in [7, 11) is -2.22. The van der Waals surface area contributed by atoms with E-state index < -0.39 is 28.3 Å². The van der Waals surface area contributed by atoms with Crippen molar-refractivity contribution in [3.05, 3.63) is 12.7 Å². The number of aliphatic carboxylic acids is 1. The number of rotatable bonds is 8. The molecule has 0 heterocycles. The van der Waals surface area contributed by atoms with Gasteiger partial charge in [0.2, 0.25) is 0 Å². The summed E-state index contributed by atoms with van der Waals surface area (Å²) in [5.41, 5.74) is 0. The van der Waals surface area contributed by atoms with Crippen LogP contribution >= 0.6 is 0 Å². The van der Waals surface area contributed by atoms with Gasteiger partial charge in [-0.05, 0) is 12.1 Å². The third-order valence-electron chi connectivity index (χ3n) is 2.46. The van der Waals surface area contributed by atoms with Crippen molar-refractivity contribution < 1.29 is 24.2 Å². The van der Waals surface area contributed by atoms with Crippen LogP contribution in [-0.2, 0) is 14.3 Å². The molecular weight excluding hydrogens is 316 g/mol.